The topological polar surface area (TPSA) is 40.5 Å². The molecule has 3 nitrogen and oxygen atoms in total. The van der Waals surface area contributed by atoms with Gasteiger partial charge in [0.2, 0.25) is 5.91 Å². The third-order valence-corrected chi connectivity index (χ3v) is 2.64. The van der Waals surface area contributed by atoms with E-state index in [0.29, 0.717) is 6.42 Å². The van der Waals surface area contributed by atoms with Crippen molar-refractivity contribution in [1.29, 1.82) is 0 Å². The zero-order valence-electron chi connectivity index (χ0n) is 8.33. The van der Waals surface area contributed by atoms with Crippen molar-refractivity contribution >= 4 is 5.91 Å². The van der Waals surface area contributed by atoms with Gasteiger partial charge < -0.3 is 0 Å². The van der Waals surface area contributed by atoms with Crippen LogP contribution in [0, 0.1) is 0 Å². The van der Waals surface area contributed by atoms with Crippen molar-refractivity contribution in [1.82, 2.24) is 5.06 Å². The fourth-order valence-corrected chi connectivity index (χ4v) is 1.86. The minimum absolute atomic E-state index is 0.0906. The van der Waals surface area contributed by atoms with Crippen LogP contribution in [0.3, 0.4) is 0 Å². The van der Waals surface area contributed by atoms with Gasteiger partial charge in [0.15, 0.2) is 0 Å². The number of hydrogen-bond donors (Lipinski definition) is 1. The molecule has 0 spiro atoms. The second-order valence-corrected chi connectivity index (χ2v) is 3.78. The van der Waals surface area contributed by atoms with E-state index in [1.54, 1.807) is 0 Å². The molecule has 0 heterocycles. The van der Waals surface area contributed by atoms with Gasteiger partial charge in [0.1, 0.15) is 0 Å². The summed E-state index contributed by atoms with van der Waals surface area (Å²) in [5.74, 6) is -0.116. The SMILES string of the molecule is CCCC(=O)N(O)C1CCCCC1. The van der Waals surface area contributed by atoms with E-state index in [-0.39, 0.29) is 11.9 Å². The first-order valence-electron chi connectivity index (χ1n) is 5.26. The Morgan fingerprint density at radius 3 is 2.54 bits per heavy atom. The maximum Gasteiger partial charge on any atom is 0.246 e. The number of hydrogen-bond acceptors (Lipinski definition) is 2. The van der Waals surface area contributed by atoms with Crippen molar-refractivity contribution in [3.05, 3.63) is 0 Å². The summed E-state index contributed by atoms with van der Waals surface area (Å²) in [6.07, 6.45) is 6.72. The molecule has 0 unspecified atom stereocenters. The molecule has 0 atom stereocenters. The van der Waals surface area contributed by atoms with Crippen molar-refractivity contribution in [3.63, 3.8) is 0 Å². The Balaban J connectivity index is 2.35. The maximum absolute atomic E-state index is 11.3. The lowest BCUT2D eigenvalue weighted by molar-refractivity contribution is -0.178. The number of carbonyl (C=O) groups excluding carboxylic acids is 1. The number of rotatable bonds is 3. The highest BCUT2D eigenvalue weighted by molar-refractivity contribution is 5.75. The lowest BCUT2D eigenvalue weighted by Crippen LogP contribution is -2.38. The second kappa shape index (κ2) is 5.22. The van der Waals surface area contributed by atoms with E-state index in [9.17, 15) is 10.0 Å². The van der Waals surface area contributed by atoms with Crippen molar-refractivity contribution in [2.75, 3.05) is 0 Å². The Morgan fingerprint density at radius 2 is 2.00 bits per heavy atom. The third-order valence-electron chi connectivity index (χ3n) is 2.64. The van der Waals surface area contributed by atoms with E-state index in [4.69, 9.17) is 0 Å². The molecule has 0 aromatic rings. The van der Waals surface area contributed by atoms with Crippen LogP contribution < -0.4 is 0 Å². The molecule has 1 fully saturated rings. The predicted octanol–water partition coefficient (Wildman–Crippen LogP) is 2.34. The van der Waals surface area contributed by atoms with Crippen LogP contribution in [0.1, 0.15) is 51.9 Å². The van der Waals surface area contributed by atoms with Gasteiger partial charge in [-0.05, 0) is 19.3 Å². The maximum atomic E-state index is 11.3. The summed E-state index contributed by atoms with van der Waals surface area (Å²) in [4.78, 5) is 11.3. The third kappa shape index (κ3) is 2.99. The molecule has 1 N–H and O–H groups in total. The highest BCUT2D eigenvalue weighted by Crippen LogP contribution is 2.21. The van der Waals surface area contributed by atoms with Gasteiger partial charge >= 0.3 is 0 Å². The minimum Gasteiger partial charge on any atom is -0.286 e. The van der Waals surface area contributed by atoms with Gasteiger partial charge in [-0.25, -0.2) is 5.06 Å². The molecular formula is C10H19NO2. The summed E-state index contributed by atoms with van der Waals surface area (Å²) in [7, 11) is 0. The van der Waals surface area contributed by atoms with Crippen LogP contribution >= 0.6 is 0 Å². The van der Waals surface area contributed by atoms with Crippen LogP contribution in [0.5, 0.6) is 0 Å². The van der Waals surface area contributed by atoms with Crippen LogP contribution in [-0.2, 0) is 4.79 Å². The molecule has 1 aliphatic carbocycles. The van der Waals surface area contributed by atoms with Gasteiger partial charge in [-0.15, -0.1) is 0 Å². The number of carbonyl (C=O) groups is 1. The van der Waals surface area contributed by atoms with Gasteiger partial charge in [-0.2, -0.15) is 0 Å². The van der Waals surface area contributed by atoms with E-state index in [0.717, 1.165) is 37.2 Å². The number of hydroxylamine groups is 2. The summed E-state index contributed by atoms with van der Waals surface area (Å²) in [5, 5.41) is 10.5. The summed E-state index contributed by atoms with van der Waals surface area (Å²) < 4.78 is 0. The molecule has 0 aromatic carbocycles. The summed E-state index contributed by atoms with van der Waals surface area (Å²) in [6.45, 7) is 1.95. The average Bonchev–Trinajstić information content (AvgIpc) is 2.18. The highest BCUT2D eigenvalue weighted by Gasteiger charge is 2.22. The van der Waals surface area contributed by atoms with E-state index in [1.165, 1.54) is 6.42 Å². The van der Waals surface area contributed by atoms with Crippen LogP contribution in [0.25, 0.3) is 0 Å². The minimum atomic E-state index is -0.116. The molecule has 1 rings (SSSR count). The molecular weight excluding hydrogens is 166 g/mol. The van der Waals surface area contributed by atoms with Gasteiger partial charge in [0.05, 0.1) is 6.04 Å². The van der Waals surface area contributed by atoms with E-state index in [2.05, 4.69) is 0 Å². The normalized spacial score (nSPS) is 18.6. The number of nitrogens with zero attached hydrogens (tertiary/aromatic N) is 1. The second-order valence-electron chi connectivity index (χ2n) is 3.78. The first kappa shape index (κ1) is 10.5. The smallest absolute Gasteiger partial charge is 0.246 e. The fraction of sp³-hybridized carbons (Fsp3) is 0.900. The summed E-state index contributed by atoms with van der Waals surface area (Å²) in [5.41, 5.74) is 0. The monoisotopic (exact) mass is 185 g/mol. The van der Waals surface area contributed by atoms with Gasteiger partial charge in [-0.1, -0.05) is 26.2 Å². The van der Waals surface area contributed by atoms with Crippen molar-refractivity contribution in [2.45, 2.75) is 57.9 Å². The predicted molar refractivity (Wildman–Crippen MR) is 50.4 cm³/mol. The number of amides is 1. The highest BCUT2D eigenvalue weighted by atomic mass is 16.5. The van der Waals surface area contributed by atoms with E-state index in [1.807, 2.05) is 6.92 Å². The molecule has 13 heavy (non-hydrogen) atoms. The van der Waals surface area contributed by atoms with Crippen molar-refractivity contribution in [2.24, 2.45) is 0 Å². The van der Waals surface area contributed by atoms with Crippen LogP contribution in [0.15, 0.2) is 0 Å². The molecule has 1 saturated carbocycles. The Kier molecular flexibility index (Phi) is 4.22. The van der Waals surface area contributed by atoms with Gasteiger partial charge in [0.25, 0.3) is 0 Å². The fourth-order valence-electron chi connectivity index (χ4n) is 1.86. The molecule has 0 aliphatic heterocycles. The Labute approximate surface area is 79.7 Å². The largest absolute Gasteiger partial charge is 0.286 e. The molecule has 3 heteroatoms. The standard InChI is InChI=1S/C10H19NO2/c1-2-6-10(12)11(13)9-7-4-3-5-8-9/h9,13H,2-8H2,1H3. The van der Waals surface area contributed by atoms with Crippen molar-refractivity contribution < 1.29 is 10.0 Å². The van der Waals surface area contributed by atoms with E-state index < -0.39 is 0 Å². The molecule has 0 saturated heterocycles. The average molecular weight is 185 g/mol. The molecule has 0 radical (unpaired) electrons. The molecule has 0 aromatic heterocycles. The van der Waals surface area contributed by atoms with Crippen LogP contribution in [-0.4, -0.2) is 22.2 Å². The lowest BCUT2D eigenvalue weighted by Gasteiger charge is -2.28. The molecule has 1 aliphatic rings. The molecule has 1 amide bonds. The quantitative estimate of drug-likeness (QED) is 0.541. The van der Waals surface area contributed by atoms with Crippen molar-refractivity contribution in [3.8, 4) is 0 Å². The van der Waals surface area contributed by atoms with Gasteiger partial charge in [0, 0.05) is 6.42 Å². The summed E-state index contributed by atoms with van der Waals surface area (Å²) >= 11 is 0. The molecule has 0 bridgehead atoms. The zero-order chi connectivity index (χ0) is 9.68. The lowest BCUT2D eigenvalue weighted by atomic mass is 9.95. The summed E-state index contributed by atoms with van der Waals surface area (Å²) in [6, 6.07) is 0.0906. The molecule has 76 valence electrons. The van der Waals surface area contributed by atoms with E-state index >= 15 is 0 Å². The first-order valence-corrected chi connectivity index (χ1v) is 5.26. The van der Waals surface area contributed by atoms with Gasteiger partial charge in [-0.3, -0.25) is 10.0 Å². The van der Waals surface area contributed by atoms with Crippen LogP contribution in [0.2, 0.25) is 0 Å². The first-order chi connectivity index (χ1) is 6.25. The Hall–Kier alpha value is -0.570. The Bertz CT molecular complexity index is 164. The Morgan fingerprint density at radius 1 is 1.38 bits per heavy atom. The zero-order valence-corrected chi connectivity index (χ0v) is 8.33. The van der Waals surface area contributed by atoms with Crippen LogP contribution in [0.4, 0.5) is 0 Å².